The highest BCUT2D eigenvalue weighted by molar-refractivity contribution is 7.99. The van der Waals surface area contributed by atoms with Gasteiger partial charge in [0.25, 0.3) is 0 Å². The van der Waals surface area contributed by atoms with Gasteiger partial charge in [0.15, 0.2) is 6.29 Å². The van der Waals surface area contributed by atoms with Crippen molar-refractivity contribution in [2.24, 2.45) is 5.92 Å². The van der Waals surface area contributed by atoms with Gasteiger partial charge in [-0.1, -0.05) is 91.9 Å². The average Bonchev–Trinajstić information content (AvgIpc) is 3.01. The minimum atomic E-state index is -0.603. The van der Waals surface area contributed by atoms with Crippen LogP contribution in [0.5, 0.6) is 0 Å². The molecule has 1 saturated heterocycles. The van der Waals surface area contributed by atoms with Gasteiger partial charge >= 0.3 is 6.03 Å². The van der Waals surface area contributed by atoms with Crippen LogP contribution in [0.15, 0.2) is 114 Å². The molecule has 7 heteroatoms. The Morgan fingerprint density at radius 3 is 2.27 bits per heavy atom. The minimum absolute atomic E-state index is 0.00214. The van der Waals surface area contributed by atoms with E-state index in [9.17, 15) is 9.90 Å². The third kappa shape index (κ3) is 7.31. The number of anilines is 1. The van der Waals surface area contributed by atoms with Crippen molar-refractivity contribution in [2.45, 2.75) is 43.5 Å². The molecular weight excluding hydrogens is 520 g/mol. The molecule has 40 heavy (non-hydrogen) atoms. The lowest BCUT2D eigenvalue weighted by Gasteiger charge is -2.41. The van der Waals surface area contributed by atoms with Crippen LogP contribution in [0.2, 0.25) is 0 Å². The highest BCUT2D eigenvalue weighted by atomic mass is 32.2. The molecule has 0 unspecified atom stereocenters. The van der Waals surface area contributed by atoms with Gasteiger partial charge in [-0.2, -0.15) is 0 Å². The molecule has 1 aliphatic heterocycles. The molecule has 0 spiro atoms. The van der Waals surface area contributed by atoms with Crippen LogP contribution in [0.4, 0.5) is 10.5 Å². The summed E-state index contributed by atoms with van der Waals surface area (Å²) in [5.41, 5.74) is 4.43. The Labute approximate surface area is 239 Å². The molecule has 4 aromatic rings. The zero-order valence-corrected chi connectivity index (χ0v) is 23.2. The monoisotopic (exact) mass is 554 g/mol. The van der Waals surface area contributed by atoms with Crippen LogP contribution < -0.4 is 10.6 Å². The number of carbonyl (C=O) groups excluding carboxylic acids is 1. The van der Waals surface area contributed by atoms with Crippen molar-refractivity contribution in [3.05, 3.63) is 131 Å². The van der Waals surface area contributed by atoms with Gasteiger partial charge in [0.1, 0.15) is 0 Å². The maximum absolute atomic E-state index is 12.6. The van der Waals surface area contributed by atoms with E-state index in [0.717, 1.165) is 28.0 Å². The fraction of sp³-hybridized carbons (Fsp3) is 0.242. The second-order valence-corrected chi connectivity index (χ2v) is 11.0. The number of benzene rings is 4. The Morgan fingerprint density at radius 2 is 1.55 bits per heavy atom. The Kier molecular flexibility index (Phi) is 9.52. The van der Waals surface area contributed by atoms with Crippen molar-refractivity contribution in [3.8, 4) is 0 Å². The van der Waals surface area contributed by atoms with E-state index in [4.69, 9.17) is 9.47 Å². The van der Waals surface area contributed by atoms with Crippen molar-refractivity contribution >= 4 is 23.5 Å². The number of aliphatic hydroxyl groups is 1. The Hall–Kier alpha value is -3.62. The van der Waals surface area contributed by atoms with Crippen LogP contribution >= 0.6 is 11.8 Å². The van der Waals surface area contributed by atoms with Crippen LogP contribution in [0, 0.1) is 5.92 Å². The predicted octanol–water partition coefficient (Wildman–Crippen LogP) is 7.08. The first-order valence-corrected chi connectivity index (χ1v) is 14.4. The molecule has 5 rings (SSSR count). The molecule has 4 atom stereocenters. The van der Waals surface area contributed by atoms with Gasteiger partial charge in [-0.3, -0.25) is 0 Å². The first-order valence-electron chi connectivity index (χ1n) is 13.5. The summed E-state index contributed by atoms with van der Waals surface area (Å²) in [7, 11) is 0. The highest BCUT2D eigenvalue weighted by Crippen LogP contribution is 2.43. The number of hydrogen-bond acceptors (Lipinski definition) is 5. The number of carbonyl (C=O) groups is 1. The van der Waals surface area contributed by atoms with Crippen LogP contribution in [-0.2, 0) is 22.6 Å². The molecule has 6 nitrogen and oxygen atoms in total. The number of urea groups is 1. The summed E-state index contributed by atoms with van der Waals surface area (Å²) in [6.07, 6.45) is -0.870. The second-order valence-electron chi connectivity index (χ2n) is 9.86. The Morgan fingerprint density at radius 1 is 0.825 bits per heavy atom. The zero-order chi connectivity index (χ0) is 27.7. The fourth-order valence-corrected chi connectivity index (χ4v) is 5.81. The Balaban J connectivity index is 1.32. The van der Waals surface area contributed by atoms with Gasteiger partial charge < -0.3 is 25.2 Å². The van der Waals surface area contributed by atoms with E-state index in [2.05, 4.69) is 29.7 Å². The number of aliphatic hydroxyl groups excluding tert-OH is 1. The largest absolute Gasteiger partial charge is 0.392 e. The predicted molar refractivity (Wildman–Crippen MR) is 159 cm³/mol. The number of ether oxygens (including phenoxy) is 2. The highest BCUT2D eigenvalue weighted by Gasteiger charge is 2.38. The van der Waals surface area contributed by atoms with Gasteiger partial charge in [-0.15, -0.1) is 11.8 Å². The standard InChI is InChI=1S/C33H34N2O4S/c1-23-30(22-40-29-13-6-3-7-14-29)38-32(39-31(23)26-17-15-25(21-36)16-18-26)27-11-8-12-28(19-27)35-33(37)34-20-24-9-4-2-5-10-24/h2-19,23,30-32,36H,20-22H2,1H3,(H2,34,35,37)/t23-,30+,31+,32+/m0/s1. The minimum Gasteiger partial charge on any atom is -0.392 e. The van der Waals surface area contributed by atoms with Gasteiger partial charge in [-0.05, 0) is 41.0 Å². The van der Waals surface area contributed by atoms with E-state index in [1.165, 1.54) is 4.90 Å². The van der Waals surface area contributed by atoms with Crippen molar-refractivity contribution < 1.29 is 19.4 Å². The quantitative estimate of drug-likeness (QED) is 0.193. The summed E-state index contributed by atoms with van der Waals surface area (Å²) >= 11 is 1.77. The van der Waals surface area contributed by atoms with Gasteiger partial charge in [0, 0.05) is 34.4 Å². The summed E-state index contributed by atoms with van der Waals surface area (Å²) in [6, 6.07) is 35.3. The van der Waals surface area contributed by atoms with Gasteiger partial charge in [-0.25, -0.2) is 4.79 Å². The van der Waals surface area contributed by atoms with Gasteiger partial charge in [0.2, 0.25) is 0 Å². The maximum atomic E-state index is 12.6. The second kappa shape index (κ2) is 13.6. The summed E-state index contributed by atoms with van der Waals surface area (Å²) in [5, 5.41) is 15.3. The first kappa shape index (κ1) is 27.9. The smallest absolute Gasteiger partial charge is 0.319 e. The van der Waals surface area contributed by atoms with Crippen molar-refractivity contribution in [3.63, 3.8) is 0 Å². The summed E-state index contributed by atoms with van der Waals surface area (Å²) in [6.45, 7) is 2.60. The molecule has 0 radical (unpaired) electrons. The molecule has 4 aromatic carbocycles. The normalized spacial score (nSPS) is 20.6. The van der Waals surface area contributed by atoms with Crippen molar-refractivity contribution in [2.75, 3.05) is 11.1 Å². The Bertz CT molecular complexity index is 1370. The molecule has 0 aromatic heterocycles. The molecule has 1 aliphatic rings. The third-order valence-electron chi connectivity index (χ3n) is 6.99. The van der Waals surface area contributed by atoms with E-state index in [1.807, 2.05) is 97.1 Å². The van der Waals surface area contributed by atoms with Crippen LogP contribution in [0.3, 0.4) is 0 Å². The molecule has 0 saturated carbocycles. The molecule has 0 bridgehead atoms. The van der Waals surface area contributed by atoms with E-state index in [0.29, 0.717) is 12.2 Å². The summed E-state index contributed by atoms with van der Waals surface area (Å²) < 4.78 is 13.1. The van der Waals surface area contributed by atoms with E-state index >= 15 is 0 Å². The molecule has 1 heterocycles. The van der Waals surface area contributed by atoms with Gasteiger partial charge in [0.05, 0.1) is 18.8 Å². The lowest BCUT2D eigenvalue weighted by atomic mass is 9.91. The third-order valence-corrected chi connectivity index (χ3v) is 8.09. The number of nitrogens with one attached hydrogen (secondary N) is 2. The van der Waals surface area contributed by atoms with E-state index in [-0.39, 0.29) is 30.8 Å². The van der Waals surface area contributed by atoms with Crippen LogP contribution in [-0.4, -0.2) is 23.0 Å². The molecular formula is C33H34N2O4S. The van der Waals surface area contributed by atoms with Crippen LogP contribution in [0.25, 0.3) is 0 Å². The number of rotatable bonds is 9. The molecule has 3 N–H and O–H groups in total. The van der Waals surface area contributed by atoms with E-state index in [1.54, 1.807) is 11.8 Å². The summed E-state index contributed by atoms with van der Waals surface area (Å²) in [5.74, 6) is 0.869. The van der Waals surface area contributed by atoms with Crippen molar-refractivity contribution in [1.82, 2.24) is 5.32 Å². The molecule has 0 aliphatic carbocycles. The maximum Gasteiger partial charge on any atom is 0.319 e. The van der Waals surface area contributed by atoms with E-state index < -0.39 is 6.29 Å². The van der Waals surface area contributed by atoms with Crippen LogP contribution in [0.1, 0.15) is 41.6 Å². The number of thioether (sulfide) groups is 1. The zero-order valence-electron chi connectivity index (χ0n) is 22.4. The lowest BCUT2D eigenvalue weighted by molar-refractivity contribution is -0.268. The van der Waals surface area contributed by atoms with Crippen molar-refractivity contribution in [1.29, 1.82) is 0 Å². The molecule has 2 amide bonds. The number of amides is 2. The fourth-order valence-electron chi connectivity index (χ4n) is 4.72. The lowest BCUT2D eigenvalue weighted by Crippen LogP contribution is -2.38. The topological polar surface area (TPSA) is 79.8 Å². The number of hydrogen-bond donors (Lipinski definition) is 3. The molecule has 206 valence electrons. The summed E-state index contributed by atoms with van der Waals surface area (Å²) in [4.78, 5) is 13.8. The average molecular weight is 555 g/mol. The molecule has 1 fully saturated rings. The SMILES string of the molecule is C[C@H]1[C@@H](CSc2ccccc2)O[C@@H](c2cccc(NC(=O)NCc3ccccc3)c2)O[C@H]1c1ccc(CO)cc1. The first-order chi connectivity index (χ1) is 19.6.